The first-order valence-corrected chi connectivity index (χ1v) is 11.3. The van der Waals surface area contributed by atoms with Gasteiger partial charge in [0.2, 0.25) is 5.43 Å². The van der Waals surface area contributed by atoms with Gasteiger partial charge in [-0.2, -0.15) is 0 Å². The van der Waals surface area contributed by atoms with E-state index in [1.54, 1.807) is 10.9 Å². The van der Waals surface area contributed by atoms with Gasteiger partial charge in [-0.3, -0.25) is 19.3 Å². The molecule has 0 saturated heterocycles. The van der Waals surface area contributed by atoms with Crippen molar-refractivity contribution >= 4 is 5.91 Å². The van der Waals surface area contributed by atoms with Crippen molar-refractivity contribution in [1.82, 2.24) is 9.99 Å². The Morgan fingerprint density at radius 1 is 0.824 bits per heavy atom. The highest BCUT2D eigenvalue weighted by atomic mass is 16.3. The molecule has 0 saturated carbocycles. The Hall–Kier alpha value is -4.32. The summed E-state index contributed by atoms with van der Waals surface area (Å²) < 4.78 is 1.63. The number of pyridine rings is 1. The Bertz CT molecular complexity index is 1300. The van der Waals surface area contributed by atoms with Gasteiger partial charge in [0.25, 0.3) is 5.91 Å². The summed E-state index contributed by atoms with van der Waals surface area (Å²) in [4.78, 5) is 25.5. The minimum Gasteiger partial charge on any atom is -0.502 e. The Morgan fingerprint density at radius 2 is 1.38 bits per heavy atom. The van der Waals surface area contributed by atoms with Crippen molar-refractivity contribution in [3.05, 3.63) is 136 Å². The van der Waals surface area contributed by atoms with Crippen LogP contribution in [0.25, 0.3) is 0 Å². The fourth-order valence-electron chi connectivity index (χ4n) is 4.61. The van der Waals surface area contributed by atoms with Gasteiger partial charge in [-0.25, -0.2) is 0 Å². The van der Waals surface area contributed by atoms with Gasteiger partial charge in [0.05, 0.1) is 18.6 Å². The fourth-order valence-corrected chi connectivity index (χ4v) is 4.61. The third kappa shape index (κ3) is 4.18. The number of benzene rings is 3. The molecule has 6 heteroatoms. The lowest BCUT2D eigenvalue weighted by Crippen LogP contribution is -2.46. The zero-order valence-corrected chi connectivity index (χ0v) is 18.5. The largest absolute Gasteiger partial charge is 0.502 e. The number of nitrogens with zero attached hydrogens (tertiary/aromatic N) is 2. The monoisotopic (exact) mass is 451 g/mol. The van der Waals surface area contributed by atoms with Crippen molar-refractivity contribution in [2.24, 2.45) is 0 Å². The zero-order valence-electron chi connectivity index (χ0n) is 18.5. The van der Waals surface area contributed by atoms with E-state index in [0.717, 1.165) is 16.7 Å². The number of carbonyl (C=O) groups excluding carboxylic acids is 1. The highest BCUT2D eigenvalue weighted by molar-refractivity contribution is 5.95. The van der Waals surface area contributed by atoms with Gasteiger partial charge >= 0.3 is 0 Å². The molecule has 0 radical (unpaired) electrons. The van der Waals surface area contributed by atoms with Gasteiger partial charge in [0.15, 0.2) is 11.4 Å². The smallest absolute Gasteiger partial charge is 0.274 e. The minimum atomic E-state index is -0.584. The van der Waals surface area contributed by atoms with Gasteiger partial charge in [0, 0.05) is 12.3 Å². The molecule has 0 fully saturated rings. The van der Waals surface area contributed by atoms with Crippen LogP contribution in [0.5, 0.6) is 5.75 Å². The number of hydrogen-bond acceptors (Lipinski definition) is 4. The molecule has 0 aliphatic carbocycles. The summed E-state index contributed by atoms with van der Waals surface area (Å²) in [6.07, 6.45) is 2.18. The molecule has 2 N–H and O–H groups in total. The lowest BCUT2D eigenvalue weighted by molar-refractivity contribution is 0.0933. The molecule has 0 unspecified atom stereocenters. The maximum atomic E-state index is 13.3. The lowest BCUT2D eigenvalue weighted by Gasteiger charge is -2.37. The van der Waals surface area contributed by atoms with Crippen LogP contribution < -0.4 is 15.8 Å². The molecule has 1 aromatic heterocycles. The maximum Gasteiger partial charge on any atom is 0.274 e. The van der Waals surface area contributed by atoms with E-state index in [1.165, 1.54) is 6.07 Å². The van der Waals surface area contributed by atoms with Gasteiger partial charge in [-0.15, -0.1) is 0 Å². The first-order valence-electron chi connectivity index (χ1n) is 11.3. The van der Waals surface area contributed by atoms with Crippen molar-refractivity contribution in [1.29, 1.82) is 0 Å². The first kappa shape index (κ1) is 21.5. The summed E-state index contributed by atoms with van der Waals surface area (Å²) in [6, 6.07) is 30.8. The topological polar surface area (TPSA) is 74.6 Å². The number of nitrogens with one attached hydrogen (secondary N) is 1. The van der Waals surface area contributed by atoms with E-state index >= 15 is 0 Å². The molecule has 1 aliphatic heterocycles. The van der Waals surface area contributed by atoms with E-state index in [-0.39, 0.29) is 17.8 Å². The summed E-state index contributed by atoms with van der Waals surface area (Å²) in [5, 5.41) is 15.7. The standard InChI is InChI=1S/C28H25N3O3/c32-24-16-17-30-26(27(24)33)28(34)29-23(18-20-10-4-1-5-11-20)19-31(30)25(21-12-6-2-7-13-21)22-14-8-3-9-15-22/h1-17,23,25,33H,18-19H2,(H,29,34)/t23-/m0/s1. The van der Waals surface area contributed by atoms with Crippen LogP contribution in [-0.4, -0.2) is 28.3 Å². The molecule has 5 rings (SSSR count). The molecule has 1 atom stereocenters. The van der Waals surface area contributed by atoms with E-state index in [0.29, 0.717) is 13.0 Å². The van der Waals surface area contributed by atoms with E-state index in [4.69, 9.17) is 0 Å². The molecule has 2 heterocycles. The lowest BCUT2D eigenvalue weighted by atomic mass is 9.97. The number of rotatable bonds is 5. The molecule has 170 valence electrons. The van der Waals surface area contributed by atoms with E-state index in [2.05, 4.69) is 5.32 Å². The van der Waals surface area contributed by atoms with Gasteiger partial charge in [-0.05, 0) is 23.1 Å². The Kier molecular flexibility index (Phi) is 5.87. The zero-order chi connectivity index (χ0) is 23.5. The SMILES string of the molecule is O=C1N[C@@H](Cc2ccccc2)CN(C(c2ccccc2)c2ccccc2)n2ccc(=O)c(O)c21. The predicted octanol–water partition coefficient (Wildman–Crippen LogP) is 3.64. The van der Waals surface area contributed by atoms with Crippen LogP contribution >= 0.6 is 0 Å². The highest BCUT2D eigenvalue weighted by Crippen LogP contribution is 2.30. The maximum absolute atomic E-state index is 13.3. The molecular formula is C28H25N3O3. The Morgan fingerprint density at radius 3 is 1.97 bits per heavy atom. The second-order valence-electron chi connectivity index (χ2n) is 8.43. The molecule has 1 amide bonds. The van der Waals surface area contributed by atoms with Crippen LogP contribution in [0, 0.1) is 0 Å². The Balaban J connectivity index is 1.67. The quantitative estimate of drug-likeness (QED) is 0.486. The third-order valence-corrected chi connectivity index (χ3v) is 6.14. The van der Waals surface area contributed by atoms with Crippen LogP contribution in [-0.2, 0) is 6.42 Å². The summed E-state index contributed by atoms with van der Waals surface area (Å²) >= 11 is 0. The van der Waals surface area contributed by atoms with Crippen molar-refractivity contribution in [3.63, 3.8) is 0 Å². The van der Waals surface area contributed by atoms with E-state index < -0.39 is 17.1 Å². The molecule has 0 bridgehead atoms. The van der Waals surface area contributed by atoms with Crippen LogP contribution in [0.2, 0.25) is 0 Å². The molecule has 0 spiro atoms. The molecule has 6 nitrogen and oxygen atoms in total. The average molecular weight is 452 g/mol. The van der Waals surface area contributed by atoms with Gasteiger partial charge < -0.3 is 10.4 Å². The van der Waals surface area contributed by atoms with Crippen molar-refractivity contribution in [2.75, 3.05) is 11.6 Å². The highest BCUT2D eigenvalue weighted by Gasteiger charge is 2.33. The van der Waals surface area contributed by atoms with Crippen LogP contribution in [0.4, 0.5) is 0 Å². The number of aromatic hydroxyl groups is 1. The summed E-state index contributed by atoms with van der Waals surface area (Å²) in [6.45, 7) is 0.463. The summed E-state index contributed by atoms with van der Waals surface area (Å²) in [5.74, 6) is -1.02. The second-order valence-corrected chi connectivity index (χ2v) is 8.43. The van der Waals surface area contributed by atoms with E-state index in [9.17, 15) is 14.7 Å². The minimum absolute atomic E-state index is 0.0556. The number of hydrogen-bond donors (Lipinski definition) is 2. The van der Waals surface area contributed by atoms with Gasteiger partial charge in [0.1, 0.15) is 0 Å². The van der Waals surface area contributed by atoms with Crippen LogP contribution in [0.15, 0.2) is 108 Å². The number of amides is 1. The molecule has 4 aromatic rings. The number of aromatic nitrogens is 1. The fraction of sp³-hybridized carbons (Fsp3) is 0.143. The van der Waals surface area contributed by atoms with Crippen molar-refractivity contribution in [2.45, 2.75) is 18.5 Å². The number of fused-ring (bicyclic) bond motifs is 1. The molecule has 34 heavy (non-hydrogen) atoms. The summed E-state index contributed by atoms with van der Waals surface area (Å²) in [5.41, 5.74) is 2.52. The van der Waals surface area contributed by atoms with Crippen LogP contribution in [0.3, 0.4) is 0 Å². The van der Waals surface area contributed by atoms with Crippen LogP contribution in [0.1, 0.15) is 33.2 Å². The first-order chi connectivity index (χ1) is 16.6. The summed E-state index contributed by atoms with van der Waals surface area (Å²) in [7, 11) is 0. The average Bonchev–Trinajstić information content (AvgIpc) is 3.00. The second kappa shape index (κ2) is 9.27. The molecule has 1 aliphatic rings. The third-order valence-electron chi connectivity index (χ3n) is 6.14. The Labute approximate surface area is 197 Å². The predicted molar refractivity (Wildman–Crippen MR) is 132 cm³/mol. The van der Waals surface area contributed by atoms with Crippen molar-refractivity contribution < 1.29 is 9.90 Å². The van der Waals surface area contributed by atoms with Crippen molar-refractivity contribution in [3.8, 4) is 5.75 Å². The normalized spacial score (nSPS) is 15.5. The number of carbonyl (C=O) groups is 1. The molecule has 3 aromatic carbocycles. The van der Waals surface area contributed by atoms with E-state index in [1.807, 2.05) is 96.0 Å². The molecular weight excluding hydrogens is 426 g/mol. The van der Waals surface area contributed by atoms with Gasteiger partial charge in [-0.1, -0.05) is 91.0 Å².